The first-order valence-electron chi connectivity index (χ1n) is 7.64. The molecule has 0 aliphatic carbocycles. The molecule has 8 heteroatoms. The second-order valence-electron chi connectivity index (χ2n) is 5.48. The lowest BCUT2D eigenvalue weighted by atomic mass is 10.2. The molecule has 0 spiro atoms. The van der Waals surface area contributed by atoms with Crippen molar-refractivity contribution in [3.8, 4) is 17.2 Å². The Morgan fingerprint density at radius 2 is 1.96 bits per heavy atom. The van der Waals surface area contributed by atoms with Crippen molar-refractivity contribution in [1.82, 2.24) is 5.43 Å². The zero-order chi connectivity index (χ0) is 19.3. The van der Waals surface area contributed by atoms with E-state index in [1.807, 2.05) is 19.1 Å². The molecular weight excluding hydrogens is 468 g/mol. The third-order valence-electron chi connectivity index (χ3n) is 3.42. The topological polar surface area (TPSA) is 80.2 Å². The van der Waals surface area contributed by atoms with Crippen LogP contribution in [0.3, 0.4) is 0 Å². The normalized spacial score (nSPS) is 12.0. The molecule has 0 aliphatic heterocycles. The number of hydrogen-bond acceptors (Lipinski definition) is 5. The molecule has 1 amide bonds. The van der Waals surface area contributed by atoms with E-state index in [4.69, 9.17) is 9.47 Å². The summed E-state index contributed by atoms with van der Waals surface area (Å²) in [6.07, 6.45) is 0.714. The Morgan fingerprint density at radius 1 is 1.23 bits per heavy atom. The summed E-state index contributed by atoms with van der Waals surface area (Å²) < 4.78 is 12.0. The predicted octanol–water partition coefficient (Wildman–Crippen LogP) is 4.15. The molecule has 2 rings (SSSR count). The summed E-state index contributed by atoms with van der Waals surface area (Å²) in [7, 11) is 1.45. The van der Waals surface area contributed by atoms with Crippen molar-refractivity contribution in [3.05, 3.63) is 50.4 Å². The molecule has 0 fully saturated rings. The second-order valence-corrected chi connectivity index (χ2v) is 7.19. The average molecular weight is 486 g/mol. The lowest BCUT2D eigenvalue weighted by Gasteiger charge is -2.14. The molecule has 0 radical (unpaired) electrons. The summed E-state index contributed by atoms with van der Waals surface area (Å²) >= 11 is 6.64. The van der Waals surface area contributed by atoms with Crippen LogP contribution in [0.1, 0.15) is 18.1 Å². The maximum Gasteiger partial charge on any atom is 0.280 e. The highest BCUT2D eigenvalue weighted by molar-refractivity contribution is 9.10. The van der Waals surface area contributed by atoms with E-state index in [-0.39, 0.29) is 5.75 Å². The van der Waals surface area contributed by atoms with E-state index < -0.39 is 12.0 Å². The van der Waals surface area contributed by atoms with Gasteiger partial charge in [0, 0.05) is 0 Å². The number of amides is 1. The highest BCUT2D eigenvalue weighted by Crippen LogP contribution is 2.34. The summed E-state index contributed by atoms with van der Waals surface area (Å²) in [4.78, 5) is 12.1. The Bertz CT molecular complexity index is 840. The van der Waals surface area contributed by atoms with Gasteiger partial charge in [-0.25, -0.2) is 5.43 Å². The molecule has 0 saturated heterocycles. The van der Waals surface area contributed by atoms with Crippen LogP contribution in [0, 0.1) is 6.92 Å². The first-order valence-corrected chi connectivity index (χ1v) is 9.22. The van der Waals surface area contributed by atoms with Gasteiger partial charge >= 0.3 is 0 Å². The number of halogens is 2. The number of hydrogen-bond donors (Lipinski definition) is 2. The summed E-state index contributed by atoms with van der Waals surface area (Å²) in [6, 6.07) is 8.86. The smallest absolute Gasteiger partial charge is 0.280 e. The van der Waals surface area contributed by atoms with Crippen molar-refractivity contribution in [2.75, 3.05) is 7.11 Å². The number of hydrazone groups is 1. The number of phenolic OH excluding ortho intramolecular Hbond substituents is 1. The first kappa shape index (κ1) is 20.3. The van der Waals surface area contributed by atoms with Crippen LogP contribution in [-0.2, 0) is 4.79 Å². The molecule has 0 heterocycles. The molecule has 1 unspecified atom stereocenters. The van der Waals surface area contributed by atoms with Crippen molar-refractivity contribution in [2.24, 2.45) is 5.10 Å². The van der Waals surface area contributed by atoms with Crippen molar-refractivity contribution in [3.63, 3.8) is 0 Å². The Morgan fingerprint density at radius 3 is 2.62 bits per heavy atom. The largest absolute Gasteiger partial charge is 0.503 e. The summed E-state index contributed by atoms with van der Waals surface area (Å²) in [5.41, 5.74) is 4.15. The van der Waals surface area contributed by atoms with Crippen LogP contribution in [0.2, 0.25) is 0 Å². The van der Waals surface area contributed by atoms with Gasteiger partial charge in [0.15, 0.2) is 17.6 Å². The van der Waals surface area contributed by atoms with Gasteiger partial charge in [0.1, 0.15) is 5.75 Å². The molecule has 26 heavy (non-hydrogen) atoms. The Balaban J connectivity index is 1.99. The van der Waals surface area contributed by atoms with Crippen molar-refractivity contribution in [1.29, 1.82) is 0 Å². The number of aryl methyl sites for hydroxylation is 1. The summed E-state index contributed by atoms with van der Waals surface area (Å²) in [5, 5.41) is 13.7. The van der Waals surface area contributed by atoms with Gasteiger partial charge < -0.3 is 14.6 Å². The van der Waals surface area contributed by atoms with Gasteiger partial charge in [-0.2, -0.15) is 5.10 Å². The van der Waals surface area contributed by atoms with Gasteiger partial charge in [-0.05, 0) is 81.1 Å². The maximum atomic E-state index is 12.1. The number of phenols is 1. The molecule has 1 atom stereocenters. The van der Waals surface area contributed by atoms with E-state index in [2.05, 4.69) is 42.4 Å². The van der Waals surface area contributed by atoms with Crippen LogP contribution in [0.25, 0.3) is 0 Å². The fourth-order valence-electron chi connectivity index (χ4n) is 2.03. The molecular formula is C18H18Br2N2O4. The van der Waals surface area contributed by atoms with Crippen LogP contribution >= 0.6 is 31.9 Å². The van der Waals surface area contributed by atoms with Gasteiger partial charge in [0.25, 0.3) is 5.91 Å². The molecule has 2 aromatic carbocycles. The molecule has 138 valence electrons. The maximum absolute atomic E-state index is 12.1. The minimum absolute atomic E-state index is 0.000572. The number of methoxy groups -OCH3 is 1. The number of carbonyl (C=O) groups is 1. The molecule has 0 bridgehead atoms. The first-order chi connectivity index (χ1) is 12.3. The van der Waals surface area contributed by atoms with E-state index in [0.29, 0.717) is 21.5 Å². The number of rotatable bonds is 6. The summed E-state index contributed by atoms with van der Waals surface area (Å²) in [6.45, 7) is 3.60. The van der Waals surface area contributed by atoms with E-state index in [1.54, 1.807) is 25.1 Å². The fraction of sp³-hybridized carbons (Fsp3) is 0.222. The average Bonchev–Trinajstić information content (AvgIpc) is 2.60. The van der Waals surface area contributed by atoms with Crippen molar-refractivity contribution in [2.45, 2.75) is 20.0 Å². The number of benzene rings is 2. The molecule has 2 N–H and O–H groups in total. The standard InChI is InChI=1S/C18H18Br2N2O4/c1-10-4-5-15(13(19)6-10)26-11(2)18(24)22-21-9-12-7-14(20)17(23)16(8-12)25-3/h4-9,11,23H,1-3H3,(H,22,24). The highest BCUT2D eigenvalue weighted by Gasteiger charge is 2.15. The fourth-order valence-corrected chi connectivity index (χ4v) is 3.08. The lowest BCUT2D eigenvalue weighted by molar-refractivity contribution is -0.127. The highest BCUT2D eigenvalue weighted by atomic mass is 79.9. The van der Waals surface area contributed by atoms with Crippen LogP contribution < -0.4 is 14.9 Å². The Kier molecular flexibility index (Phi) is 7.05. The SMILES string of the molecule is COc1cc(C=NNC(=O)C(C)Oc2ccc(C)cc2Br)cc(Br)c1O. The van der Waals surface area contributed by atoms with Gasteiger partial charge in [-0.3, -0.25) is 4.79 Å². The third-order valence-corrected chi connectivity index (χ3v) is 4.64. The molecule has 0 aromatic heterocycles. The minimum Gasteiger partial charge on any atom is -0.503 e. The minimum atomic E-state index is -0.729. The van der Waals surface area contributed by atoms with Crippen LogP contribution in [0.5, 0.6) is 17.2 Å². The third kappa shape index (κ3) is 5.22. The quantitative estimate of drug-likeness (QED) is 0.475. The number of nitrogens with zero attached hydrogens (tertiary/aromatic N) is 1. The van der Waals surface area contributed by atoms with Crippen LogP contribution in [0.15, 0.2) is 44.4 Å². The van der Waals surface area contributed by atoms with E-state index in [9.17, 15) is 9.90 Å². The Labute approximate surface area is 168 Å². The van der Waals surface area contributed by atoms with Crippen molar-refractivity contribution >= 4 is 44.0 Å². The van der Waals surface area contributed by atoms with Crippen LogP contribution in [0.4, 0.5) is 0 Å². The van der Waals surface area contributed by atoms with E-state index in [1.165, 1.54) is 13.3 Å². The molecule has 2 aromatic rings. The van der Waals surface area contributed by atoms with Gasteiger partial charge in [0.05, 0.1) is 22.3 Å². The van der Waals surface area contributed by atoms with Crippen LogP contribution in [-0.4, -0.2) is 30.4 Å². The number of aromatic hydroxyl groups is 1. The molecule has 0 saturated carbocycles. The zero-order valence-electron chi connectivity index (χ0n) is 14.4. The van der Waals surface area contributed by atoms with E-state index in [0.717, 1.165) is 10.0 Å². The zero-order valence-corrected chi connectivity index (χ0v) is 17.6. The monoisotopic (exact) mass is 484 g/mol. The lowest BCUT2D eigenvalue weighted by Crippen LogP contribution is -2.33. The predicted molar refractivity (Wildman–Crippen MR) is 107 cm³/mol. The van der Waals surface area contributed by atoms with Gasteiger partial charge in [-0.1, -0.05) is 6.07 Å². The van der Waals surface area contributed by atoms with Gasteiger partial charge in [0.2, 0.25) is 0 Å². The molecule has 0 aliphatic rings. The van der Waals surface area contributed by atoms with Crippen molar-refractivity contribution < 1.29 is 19.4 Å². The number of nitrogens with one attached hydrogen (secondary N) is 1. The number of ether oxygens (including phenoxy) is 2. The number of carbonyl (C=O) groups excluding carboxylic acids is 1. The second kappa shape index (κ2) is 9.05. The molecule has 6 nitrogen and oxygen atoms in total. The summed E-state index contributed by atoms with van der Waals surface area (Å²) in [5.74, 6) is 0.487. The Hall–Kier alpha value is -2.06. The van der Waals surface area contributed by atoms with E-state index >= 15 is 0 Å². The van der Waals surface area contributed by atoms with Gasteiger partial charge in [-0.15, -0.1) is 0 Å².